The van der Waals surface area contributed by atoms with Gasteiger partial charge in [0, 0.05) is 25.8 Å². The molecule has 0 saturated carbocycles. The molecular weight excluding hydrogens is 296 g/mol. The van der Waals surface area contributed by atoms with Gasteiger partial charge >= 0.3 is 13.3 Å². The Morgan fingerprint density at radius 2 is 1.59 bits per heavy atom. The normalized spacial score (nSPS) is 20.3. The van der Waals surface area contributed by atoms with Crippen molar-refractivity contribution >= 4 is 18.4 Å². The largest absolute Gasteiger partial charge is 0.496 e. The van der Waals surface area contributed by atoms with Gasteiger partial charge in [0.25, 0.3) is 0 Å². The van der Waals surface area contributed by atoms with Crippen LogP contribution in [0.4, 0.5) is 19.0 Å². The van der Waals surface area contributed by atoms with Gasteiger partial charge in [0.1, 0.15) is 5.82 Å². The Balaban J connectivity index is 2.43. The van der Waals surface area contributed by atoms with Gasteiger partial charge in [0.2, 0.25) is 0 Å². The molecule has 4 nitrogen and oxygen atoms in total. The van der Waals surface area contributed by atoms with Crippen LogP contribution in [-0.4, -0.2) is 37.4 Å². The van der Waals surface area contributed by atoms with Crippen molar-refractivity contribution in [3.05, 3.63) is 17.8 Å². The van der Waals surface area contributed by atoms with Gasteiger partial charge in [-0.25, -0.2) is 4.98 Å². The van der Waals surface area contributed by atoms with Crippen LogP contribution in [0.1, 0.15) is 33.3 Å². The van der Waals surface area contributed by atoms with E-state index in [4.69, 9.17) is 9.31 Å². The van der Waals surface area contributed by atoms with E-state index in [1.165, 1.54) is 25.2 Å². The molecule has 0 amide bonds. The molecule has 0 atom stereocenters. The van der Waals surface area contributed by atoms with E-state index in [2.05, 4.69) is 4.98 Å². The third-order valence-electron chi connectivity index (χ3n) is 4.14. The Labute approximate surface area is 128 Å². The topological polar surface area (TPSA) is 34.6 Å². The molecule has 0 N–H and O–H groups in total. The number of alkyl halides is 3. The van der Waals surface area contributed by atoms with E-state index in [0.717, 1.165) is 6.07 Å². The average Bonchev–Trinajstić information content (AvgIpc) is 2.56. The summed E-state index contributed by atoms with van der Waals surface area (Å²) in [5.41, 5.74) is -1.77. The molecule has 1 fully saturated rings. The monoisotopic (exact) mass is 316 g/mol. The minimum absolute atomic E-state index is 0.132. The molecule has 0 radical (unpaired) electrons. The number of aromatic nitrogens is 1. The van der Waals surface area contributed by atoms with Crippen LogP contribution in [0.25, 0.3) is 0 Å². The van der Waals surface area contributed by atoms with Crippen LogP contribution in [0.2, 0.25) is 0 Å². The summed E-state index contributed by atoms with van der Waals surface area (Å²) in [6.45, 7) is 7.39. The highest BCUT2D eigenvalue weighted by Crippen LogP contribution is 2.38. The molecule has 1 aliphatic heterocycles. The molecule has 0 spiro atoms. The highest BCUT2D eigenvalue weighted by Gasteiger charge is 2.52. The smallest absolute Gasteiger partial charge is 0.399 e. The van der Waals surface area contributed by atoms with Crippen molar-refractivity contribution in [3.63, 3.8) is 0 Å². The molecule has 2 rings (SSSR count). The van der Waals surface area contributed by atoms with Crippen LogP contribution in [0, 0.1) is 0 Å². The second-order valence-electron chi connectivity index (χ2n) is 6.62. The molecule has 1 aromatic heterocycles. The van der Waals surface area contributed by atoms with Gasteiger partial charge in [-0.15, -0.1) is 0 Å². The van der Waals surface area contributed by atoms with Crippen LogP contribution >= 0.6 is 0 Å². The summed E-state index contributed by atoms with van der Waals surface area (Å²) in [5, 5.41) is 0. The van der Waals surface area contributed by atoms with Gasteiger partial charge in [-0.05, 0) is 33.8 Å². The zero-order valence-corrected chi connectivity index (χ0v) is 13.6. The van der Waals surface area contributed by atoms with Crippen LogP contribution < -0.4 is 10.4 Å². The predicted octanol–water partition coefficient (Wildman–Crippen LogP) is 2.47. The van der Waals surface area contributed by atoms with E-state index in [-0.39, 0.29) is 11.3 Å². The molecule has 0 aliphatic carbocycles. The van der Waals surface area contributed by atoms with Crippen LogP contribution in [0.3, 0.4) is 0 Å². The summed E-state index contributed by atoms with van der Waals surface area (Å²) < 4.78 is 51.2. The Hall–Kier alpha value is -1.28. The van der Waals surface area contributed by atoms with Crippen LogP contribution in [0.5, 0.6) is 0 Å². The Morgan fingerprint density at radius 1 is 1.09 bits per heavy atom. The standard InChI is InChI=1S/C14H20BF3N2O2/c1-12(2)13(3,4)22-15(21-12)9-7-10(14(16,17)18)11(19-8-9)20(5)6/h7-8H,1-6H3. The third-order valence-corrected chi connectivity index (χ3v) is 4.14. The fourth-order valence-corrected chi connectivity index (χ4v) is 2.15. The van der Waals surface area contributed by atoms with E-state index < -0.39 is 30.1 Å². The van der Waals surface area contributed by atoms with Crippen LogP contribution in [-0.2, 0) is 15.5 Å². The maximum Gasteiger partial charge on any atom is 0.496 e. The van der Waals surface area contributed by atoms with E-state index in [1.54, 1.807) is 0 Å². The second-order valence-corrected chi connectivity index (χ2v) is 6.62. The third kappa shape index (κ3) is 2.94. The Kier molecular flexibility index (Phi) is 3.98. The molecule has 2 heterocycles. The number of pyridine rings is 1. The highest BCUT2D eigenvalue weighted by atomic mass is 19.4. The maximum atomic E-state index is 13.2. The zero-order chi connectivity index (χ0) is 16.9. The molecule has 1 saturated heterocycles. The van der Waals surface area contributed by atoms with E-state index in [1.807, 2.05) is 27.7 Å². The summed E-state index contributed by atoms with van der Waals surface area (Å²) in [7, 11) is 2.17. The van der Waals surface area contributed by atoms with Gasteiger partial charge in [-0.1, -0.05) is 0 Å². The molecule has 1 aromatic rings. The van der Waals surface area contributed by atoms with E-state index in [9.17, 15) is 13.2 Å². The molecule has 1 aliphatic rings. The summed E-state index contributed by atoms with van der Waals surface area (Å²) in [6.07, 6.45) is -3.13. The lowest BCUT2D eigenvalue weighted by molar-refractivity contribution is -0.137. The van der Waals surface area contributed by atoms with Crippen molar-refractivity contribution in [2.45, 2.75) is 45.1 Å². The number of anilines is 1. The first-order valence-corrected chi connectivity index (χ1v) is 6.95. The van der Waals surface area contributed by atoms with Gasteiger partial charge in [0.15, 0.2) is 0 Å². The van der Waals surface area contributed by atoms with Crippen molar-refractivity contribution in [2.24, 2.45) is 0 Å². The summed E-state index contributed by atoms with van der Waals surface area (Å²) >= 11 is 0. The fourth-order valence-electron chi connectivity index (χ4n) is 2.15. The summed E-state index contributed by atoms with van der Waals surface area (Å²) in [4.78, 5) is 5.26. The van der Waals surface area contributed by atoms with Crippen molar-refractivity contribution < 1.29 is 22.5 Å². The molecule has 122 valence electrons. The lowest BCUT2D eigenvalue weighted by Crippen LogP contribution is -2.41. The lowest BCUT2D eigenvalue weighted by atomic mass is 9.79. The predicted molar refractivity (Wildman–Crippen MR) is 79.3 cm³/mol. The first kappa shape index (κ1) is 17.1. The minimum atomic E-state index is -4.49. The zero-order valence-electron chi connectivity index (χ0n) is 13.6. The van der Waals surface area contributed by atoms with Crippen molar-refractivity contribution in [1.82, 2.24) is 4.98 Å². The maximum absolute atomic E-state index is 13.2. The fraction of sp³-hybridized carbons (Fsp3) is 0.643. The van der Waals surface area contributed by atoms with Crippen molar-refractivity contribution in [1.29, 1.82) is 0 Å². The number of hydrogen-bond acceptors (Lipinski definition) is 4. The average molecular weight is 316 g/mol. The van der Waals surface area contributed by atoms with E-state index >= 15 is 0 Å². The van der Waals surface area contributed by atoms with E-state index in [0.29, 0.717) is 0 Å². The molecule has 0 bridgehead atoms. The quantitative estimate of drug-likeness (QED) is 0.785. The summed E-state index contributed by atoms with van der Waals surface area (Å²) in [6, 6.07) is 1.05. The second kappa shape index (κ2) is 5.13. The molecule has 8 heteroatoms. The van der Waals surface area contributed by atoms with Crippen molar-refractivity contribution in [2.75, 3.05) is 19.0 Å². The van der Waals surface area contributed by atoms with Crippen LogP contribution in [0.15, 0.2) is 12.3 Å². The number of halogens is 3. The van der Waals surface area contributed by atoms with Gasteiger partial charge in [-0.2, -0.15) is 13.2 Å². The molecule has 0 aromatic carbocycles. The minimum Gasteiger partial charge on any atom is -0.399 e. The Bertz CT molecular complexity index is 558. The number of nitrogens with zero attached hydrogens (tertiary/aromatic N) is 2. The summed E-state index contributed by atoms with van der Waals surface area (Å²) in [5.74, 6) is -0.132. The van der Waals surface area contributed by atoms with Gasteiger partial charge < -0.3 is 14.2 Å². The lowest BCUT2D eigenvalue weighted by Gasteiger charge is -2.32. The molecular formula is C14H20BF3N2O2. The van der Waals surface area contributed by atoms with Crippen molar-refractivity contribution in [3.8, 4) is 0 Å². The Morgan fingerprint density at radius 3 is 2.00 bits per heavy atom. The molecule has 22 heavy (non-hydrogen) atoms. The SMILES string of the molecule is CN(C)c1ncc(B2OC(C)(C)C(C)(C)O2)cc1C(F)(F)F. The number of hydrogen-bond donors (Lipinski definition) is 0. The van der Waals surface area contributed by atoms with Gasteiger partial charge in [-0.3, -0.25) is 0 Å². The number of rotatable bonds is 2. The first-order chi connectivity index (χ1) is 9.85. The molecule has 0 unspecified atom stereocenters. The first-order valence-electron chi connectivity index (χ1n) is 6.95. The van der Waals surface area contributed by atoms with Gasteiger partial charge in [0.05, 0.1) is 16.8 Å². The highest BCUT2D eigenvalue weighted by molar-refractivity contribution is 6.62.